The Hall–Kier alpha value is -3.34. The Balaban J connectivity index is 1.30. The minimum absolute atomic E-state index is 0.0989. The van der Waals surface area contributed by atoms with E-state index in [0.29, 0.717) is 47.7 Å². The number of aromatic nitrogens is 3. The van der Waals surface area contributed by atoms with Gasteiger partial charge in [0.1, 0.15) is 23.4 Å². The quantitative estimate of drug-likeness (QED) is 0.296. The predicted octanol–water partition coefficient (Wildman–Crippen LogP) is 6.08. The van der Waals surface area contributed by atoms with E-state index in [1.165, 1.54) is 37.5 Å². The molecule has 4 heterocycles. The molecule has 5 rings (SSSR count). The Kier molecular flexibility index (Phi) is 9.97. The van der Waals surface area contributed by atoms with Crippen molar-refractivity contribution in [2.75, 3.05) is 43.5 Å². The number of carbonyl (C=O) groups is 1. The highest BCUT2D eigenvalue weighted by atomic mass is 35.5. The summed E-state index contributed by atoms with van der Waals surface area (Å²) in [5.74, 6) is 0.876. The van der Waals surface area contributed by atoms with E-state index in [2.05, 4.69) is 37.6 Å². The minimum atomic E-state index is -0.466. The van der Waals surface area contributed by atoms with Crippen LogP contribution in [0.4, 0.5) is 21.6 Å². The number of amides is 1. The molecule has 2 N–H and O–H groups in total. The summed E-state index contributed by atoms with van der Waals surface area (Å²) < 4.78 is 26.1. The van der Waals surface area contributed by atoms with E-state index < -0.39 is 5.82 Å². The molecule has 1 aromatic carbocycles. The molecule has 1 amide bonds. The Morgan fingerprint density at radius 2 is 2.07 bits per heavy atom. The number of nitrogens with one attached hydrogen (secondary N) is 2. The highest BCUT2D eigenvalue weighted by Gasteiger charge is 2.22. The molecule has 218 valence electrons. The molecule has 11 heteroatoms. The van der Waals surface area contributed by atoms with Gasteiger partial charge >= 0.3 is 0 Å². The first kappa shape index (κ1) is 29.2. The Morgan fingerprint density at radius 1 is 1.17 bits per heavy atom. The van der Waals surface area contributed by atoms with Gasteiger partial charge in [-0.3, -0.25) is 9.69 Å². The standard InChI is InChI=1S/C30H36ClFN6O3/c1-2-4-20-5-3-12-38(13-9-20)18-29(39)35-28-16-22(8-11-33-28)34-27-17-26(24-15-21(31)6-7-25(24)32)36-37-30(27)41-23-10-14-40-19-23/h6-8,11,15-17,20,23H,2-5,9-10,12-14,18-19H2,1H3,(H2,33,34,35,36,39). The van der Waals surface area contributed by atoms with E-state index in [-0.39, 0.29) is 23.5 Å². The van der Waals surface area contributed by atoms with Crippen LogP contribution in [0.3, 0.4) is 0 Å². The number of nitrogens with zero attached hydrogens (tertiary/aromatic N) is 4. The number of anilines is 3. The zero-order chi connectivity index (χ0) is 28.6. The molecule has 2 fully saturated rings. The highest BCUT2D eigenvalue weighted by molar-refractivity contribution is 6.30. The smallest absolute Gasteiger partial charge is 0.257 e. The number of rotatable bonds is 10. The predicted molar refractivity (Wildman–Crippen MR) is 157 cm³/mol. The van der Waals surface area contributed by atoms with Crippen LogP contribution in [-0.4, -0.2) is 64.9 Å². The lowest BCUT2D eigenvalue weighted by Gasteiger charge is -2.19. The van der Waals surface area contributed by atoms with Crippen molar-refractivity contribution in [2.45, 2.75) is 51.6 Å². The first-order valence-electron chi connectivity index (χ1n) is 14.3. The largest absolute Gasteiger partial charge is 0.469 e. The second-order valence-electron chi connectivity index (χ2n) is 10.6. The Morgan fingerprint density at radius 3 is 2.90 bits per heavy atom. The summed E-state index contributed by atoms with van der Waals surface area (Å²) in [5.41, 5.74) is 1.64. The first-order chi connectivity index (χ1) is 20.0. The van der Waals surface area contributed by atoms with Crippen LogP contribution in [0, 0.1) is 11.7 Å². The molecule has 9 nitrogen and oxygen atoms in total. The van der Waals surface area contributed by atoms with Crippen molar-refractivity contribution in [3.63, 3.8) is 0 Å². The third-order valence-electron chi connectivity index (χ3n) is 7.44. The van der Waals surface area contributed by atoms with Gasteiger partial charge in [0.25, 0.3) is 5.88 Å². The molecule has 3 aromatic rings. The number of halogens is 2. The first-order valence-corrected chi connectivity index (χ1v) is 14.7. The van der Waals surface area contributed by atoms with Crippen LogP contribution in [0.15, 0.2) is 42.6 Å². The average Bonchev–Trinajstić information content (AvgIpc) is 3.37. The van der Waals surface area contributed by atoms with Crippen molar-refractivity contribution in [1.82, 2.24) is 20.1 Å². The van der Waals surface area contributed by atoms with Crippen LogP contribution >= 0.6 is 11.6 Å². The molecule has 2 aliphatic heterocycles. The number of benzene rings is 1. The molecule has 2 atom stereocenters. The summed E-state index contributed by atoms with van der Waals surface area (Å²) in [4.78, 5) is 19.4. The fraction of sp³-hybridized carbons (Fsp3) is 0.467. The number of ether oxygens (including phenoxy) is 2. The molecule has 0 radical (unpaired) electrons. The lowest BCUT2D eigenvalue weighted by atomic mass is 9.96. The van der Waals surface area contributed by atoms with Crippen LogP contribution in [0.1, 0.15) is 45.4 Å². The molecule has 0 spiro atoms. The van der Waals surface area contributed by atoms with Gasteiger partial charge in [0.2, 0.25) is 5.91 Å². The van der Waals surface area contributed by atoms with Gasteiger partial charge < -0.3 is 20.1 Å². The van der Waals surface area contributed by atoms with Gasteiger partial charge in [-0.1, -0.05) is 31.4 Å². The average molecular weight is 583 g/mol. The van der Waals surface area contributed by atoms with Gasteiger partial charge in [-0.15, -0.1) is 10.2 Å². The van der Waals surface area contributed by atoms with E-state index in [4.69, 9.17) is 21.1 Å². The third-order valence-corrected chi connectivity index (χ3v) is 7.68. The molecule has 2 unspecified atom stereocenters. The molecule has 41 heavy (non-hydrogen) atoms. The maximum Gasteiger partial charge on any atom is 0.257 e. The highest BCUT2D eigenvalue weighted by Crippen LogP contribution is 2.33. The number of carbonyl (C=O) groups excluding carboxylic acids is 1. The van der Waals surface area contributed by atoms with Gasteiger partial charge in [0.15, 0.2) is 0 Å². The van der Waals surface area contributed by atoms with E-state index in [1.54, 1.807) is 24.4 Å². The van der Waals surface area contributed by atoms with Crippen LogP contribution < -0.4 is 15.4 Å². The molecule has 2 aliphatic rings. The Labute approximate surface area is 244 Å². The van der Waals surface area contributed by atoms with Crippen LogP contribution in [0.5, 0.6) is 5.88 Å². The lowest BCUT2D eigenvalue weighted by Crippen LogP contribution is -2.34. The van der Waals surface area contributed by atoms with E-state index in [9.17, 15) is 9.18 Å². The van der Waals surface area contributed by atoms with Crippen molar-refractivity contribution in [3.8, 4) is 17.1 Å². The number of hydrogen-bond donors (Lipinski definition) is 2. The number of pyridine rings is 1. The summed E-state index contributed by atoms with van der Waals surface area (Å²) in [6.07, 6.45) is 8.12. The van der Waals surface area contributed by atoms with E-state index >= 15 is 0 Å². The Bertz CT molecular complexity index is 1340. The van der Waals surface area contributed by atoms with Gasteiger partial charge in [-0.2, -0.15) is 0 Å². The van der Waals surface area contributed by atoms with Gasteiger partial charge in [-0.25, -0.2) is 9.37 Å². The maximum absolute atomic E-state index is 14.6. The molecule has 2 aromatic heterocycles. The monoisotopic (exact) mass is 582 g/mol. The second-order valence-corrected chi connectivity index (χ2v) is 11.1. The van der Waals surface area contributed by atoms with Gasteiger partial charge in [0.05, 0.1) is 25.5 Å². The maximum atomic E-state index is 14.6. The van der Waals surface area contributed by atoms with Crippen molar-refractivity contribution < 1.29 is 18.7 Å². The fourth-order valence-corrected chi connectivity index (χ4v) is 5.52. The summed E-state index contributed by atoms with van der Waals surface area (Å²) in [6, 6.07) is 9.44. The van der Waals surface area contributed by atoms with Crippen molar-refractivity contribution >= 4 is 34.7 Å². The fourth-order valence-electron chi connectivity index (χ4n) is 5.34. The SMILES string of the molecule is CCCC1CCCN(CC(=O)Nc2cc(Nc3cc(-c4cc(Cl)ccc4F)nnc3OC3CCOC3)ccn2)CC1. The van der Waals surface area contributed by atoms with E-state index in [1.807, 2.05) is 0 Å². The molecular formula is C30H36ClFN6O3. The summed E-state index contributed by atoms with van der Waals surface area (Å²) in [5, 5.41) is 15.1. The molecule has 0 bridgehead atoms. The molecular weight excluding hydrogens is 547 g/mol. The second kappa shape index (κ2) is 14.0. The number of likely N-dealkylation sites (tertiary alicyclic amines) is 1. The van der Waals surface area contributed by atoms with Crippen LogP contribution in [-0.2, 0) is 9.53 Å². The van der Waals surface area contributed by atoms with Crippen LogP contribution in [0.2, 0.25) is 5.02 Å². The zero-order valence-electron chi connectivity index (χ0n) is 23.2. The summed E-state index contributed by atoms with van der Waals surface area (Å²) in [7, 11) is 0. The lowest BCUT2D eigenvalue weighted by molar-refractivity contribution is -0.117. The molecule has 0 aliphatic carbocycles. The van der Waals surface area contributed by atoms with Crippen molar-refractivity contribution in [3.05, 3.63) is 53.4 Å². The van der Waals surface area contributed by atoms with Crippen molar-refractivity contribution in [2.24, 2.45) is 5.92 Å². The topological polar surface area (TPSA) is 102 Å². The third kappa shape index (κ3) is 8.12. The van der Waals surface area contributed by atoms with E-state index in [0.717, 1.165) is 38.3 Å². The zero-order valence-corrected chi connectivity index (χ0v) is 24.0. The summed E-state index contributed by atoms with van der Waals surface area (Å²) >= 11 is 6.11. The minimum Gasteiger partial charge on any atom is -0.469 e. The van der Waals surface area contributed by atoms with Gasteiger partial charge in [-0.05, 0) is 68.6 Å². The molecule has 2 saturated heterocycles. The molecule has 0 saturated carbocycles. The van der Waals surface area contributed by atoms with Crippen molar-refractivity contribution in [1.29, 1.82) is 0 Å². The normalized spacial score (nSPS) is 19.5. The van der Waals surface area contributed by atoms with Crippen LogP contribution in [0.25, 0.3) is 11.3 Å². The number of hydrogen-bond acceptors (Lipinski definition) is 8. The summed E-state index contributed by atoms with van der Waals surface area (Å²) in [6.45, 7) is 5.50. The van der Waals surface area contributed by atoms with Gasteiger partial charge in [0, 0.05) is 35.0 Å².